The molecule has 3 aromatic rings. The Morgan fingerprint density at radius 2 is 1.94 bits per heavy atom. The van der Waals surface area contributed by atoms with Gasteiger partial charge in [0.15, 0.2) is 5.82 Å². The van der Waals surface area contributed by atoms with Crippen LogP contribution in [-0.4, -0.2) is 26.9 Å². The highest BCUT2D eigenvalue weighted by molar-refractivity contribution is 5.68. The molecule has 0 aliphatic heterocycles. The van der Waals surface area contributed by atoms with Crippen molar-refractivity contribution in [2.24, 2.45) is 0 Å². The summed E-state index contributed by atoms with van der Waals surface area (Å²) in [6, 6.07) is 11.3. The van der Waals surface area contributed by atoms with Gasteiger partial charge in [0.1, 0.15) is 0 Å². The number of benzene rings is 1. The first-order valence-electron chi connectivity index (χ1n) is 5.41. The minimum Gasteiger partial charge on any atom is -0.480 e. The topological polar surface area (TPSA) is 78.3 Å². The molecule has 0 radical (unpaired) electrons. The van der Waals surface area contributed by atoms with Crippen LogP contribution in [0.5, 0.6) is 5.88 Å². The Labute approximate surface area is 103 Å². The Balaban J connectivity index is 2.28. The second kappa shape index (κ2) is 3.99. The van der Waals surface area contributed by atoms with E-state index in [9.17, 15) is 0 Å². The number of hydrogen-bond acceptors (Lipinski definition) is 5. The minimum atomic E-state index is 0.428. The van der Waals surface area contributed by atoms with E-state index in [-0.39, 0.29) is 0 Å². The molecule has 2 aromatic heterocycles. The first-order valence-corrected chi connectivity index (χ1v) is 5.41. The lowest BCUT2D eigenvalue weighted by Crippen LogP contribution is -2.01. The molecule has 0 saturated heterocycles. The number of fused-ring (bicyclic) bond motifs is 1. The Kier molecular flexibility index (Phi) is 2.33. The number of hydrogen-bond donors (Lipinski definition) is 1. The smallest absolute Gasteiger partial charge is 0.233 e. The third-order valence-electron chi connectivity index (χ3n) is 2.62. The summed E-state index contributed by atoms with van der Waals surface area (Å²) in [5.74, 6) is 1.06. The molecule has 3 rings (SSSR count). The second-order valence-corrected chi connectivity index (χ2v) is 3.77. The van der Waals surface area contributed by atoms with Gasteiger partial charge in [-0.15, -0.1) is 15.3 Å². The van der Waals surface area contributed by atoms with Crippen LogP contribution in [0, 0.1) is 0 Å². The van der Waals surface area contributed by atoms with Gasteiger partial charge in [0.25, 0.3) is 0 Å². The summed E-state index contributed by atoms with van der Waals surface area (Å²) in [7, 11) is 1.54. The van der Waals surface area contributed by atoms with Crippen LogP contribution >= 0.6 is 0 Å². The molecule has 0 aliphatic rings. The average Bonchev–Trinajstić information content (AvgIpc) is 2.84. The molecule has 0 fully saturated rings. The number of rotatable bonds is 2. The van der Waals surface area contributed by atoms with Gasteiger partial charge in [-0.2, -0.15) is 4.52 Å². The van der Waals surface area contributed by atoms with Gasteiger partial charge >= 0.3 is 0 Å². The van der Waals surface area contributed by atoms with Crippen molar-refractivity contribution >= 4 is 11.3 Å². The summed E-state index contributed by atoms with van der Waals surface area (Å²) in [6.07, 6.45) is 0. The standard InChI is InChI=1S/C12H11N5O/c1-18-10-7-9(13)12-15-14-11(17(12)16-10)8-5-3-2-4-6-8/h2-7H,13H2,1H3. The van der Waals surface area contributed by atoms with Crippen LogP contribution < -0.4 is 10.5 Å². The molecule has 0 aliphatic carbocycles. The van der Waals surface area contributed by atoms with E-state index in [4.69, 9.17) is 10.5 Å². The van der Waals surface area contributed by atoms with Crippen LogP contribution in [0.1, 0.15) is 0 Å². The number of methoxy groups -OCH3 is 1. The van der Waals surface area contributed by atoms with Crippen molar-refractivity contribution in [3.8, 4) is 17.3 Å². The number of nitrogens with two attached hydrogens (primary N) is 1. The maximum Gasteiger partial charge on any atom is 0.233 e. The van der Waals surface area contributed by atoms with Gasteiger partial charge in [-0.05, 0) is 0 Å². The number of ether oxygens (including phenoxy) is 1. The van der Waals surface area contributed by atoms with Crippen molar-refractivity contribution < 1.29 is 4.74 Å². The summed E-state index contributed by atoms with van der Waals surface area (Å²) in [4.78, 5) is 0. The van der Waals surface area contributed by atoms with Gasteiger partial charge in [-0.3, -0.25) is 0 Å². The van der Waals surface area contributed by atoms with Crippen molar-refractivity contribution in [3.63, 3.8) is 0 Å². The lowest BCUT2D eigenvalue weighted by Gasteiger charge is -2.03. The summed E-state index contributed by atoms with van der Waals surface area (Å²) in [5.41, 5.74) is 7.81. The molecule has 0 bridgehead atoms. The summed E-state index contributed by atoms with van der Waals surface area (Å²) in [5, 5.41) is 12.4. The largest absolute Gasteiger partial charge is 0.480 e. The van der Waals surface area contributed by atoms with Crippen molar-refractivity contribution in [2.45, 2.75) is 0 Å². The molecule has 6 nitrogen and oxygen atoms in total. The Bertz CT molecular complexity index is 692. The highest BCUT2D eigenvalue weighted by Gasteiger charge is 2.12. The van der Waals surface area contributed by atoms with Crippen molar-refractivity contribution in [1.82, 2.24) is 19.8 Å². The van der Waals surface area contributed by atoms with Gasteiger partial charge in [-0.25, -0.2) is 0 Å². The van der Waals surface area contributed by atoms with Crippen LogP contribution in [0.4, 0.5) is 5.69 Å². The molecule has 6 heteroatoms. The SMILES string of the molecule is COc1cc(N)c2nnc(-c3ccccc3)n2n1. The zero-order valence-electron chi connectivity index (χ0n) is 9.74. The fourth-order valence-electron chi connectivity index (χ4n) is 1.75. The maximum absolute atomic E-state index is 5.88. The van der Waals surface area contributed by atoms with Crippen LogP contribution in [0.3, 0.4) is 0 Å². The Morgan fingerprint density at radius 1 is 1.17 bits per heavy atom. The first kappa shape index (κ1) is 10.5. The highest BCUT2D eigenvalue weighted by Crippen LogP contribution is 2.22. The predicted octanol–water partition coefficient (Wildman–Crippen LogP) is 1.38. The van der Waals surface area contributed by atoms with Gasteiger partial charge < -0.3 is 10.5 Å². The molecule has 0 atom stereocenters. The van der Waals surface area contributed by atoms with Crippen LogP contribution in [-0.2, 0) is 0 Å². The summed E-state index contributed by atoms with van der Waals surface area (Å²) in [6.45, 7) is 0. The molecule has 2 N–H and O–H groups in total. The summed E-state index contributed by atoms with van der Waals surface area (Å²) >= 11 is 0. The third kappa shape index (κ3) is 1.55. The van der Waals surface area contributed by atoms with Crippen LogP contribution in [0.25, 0.3) is 17.0 Å². The van der Waals surface area contributed by atoms with Crippen molar-refractivity contribution in [1.29, 1.82) is 0 Å². The first-order chi connectivity index (χ1) is 8.79. The molecule has 2 heterocycles. The van der Waals surface area contributed by atoms with Crippen molar-refractivity contribution in [3.05, 3.63) is 36.4 Å². The zero-order chi connectivity index (χ0) is 12.5. The van der Waals surface area contributed by atoms with E-state index in [2.05, 4.69) is 15.3 Å². The lowest BCUT2D eigenvalue weighted by atomic mass is 10.2. The molecule has 0 spiro atoms. The second-order valence-electron chi connectivity index (χ2n) is 3.77. The number of nitrogens with zero attached hydrogens (tertiary/aromatic N) is 4. The zero-order valence-corrected chi connectivity index (χ0v) is 9.74. The van der Waals surface area contributed by atoms with E-state index >= 15 is 0 Å². The molecular formula is C12H11N5O. The van der Waals surface area contributed by atoms with E-state index in [1.54, 1.807) is 17.7 Å². The highest BCUT2D eigenvalue weighted by atomic mass is 16.5. The minimum absolute atomic E-state index is 0.428. The van der Waals surface area contributed by atoms with Crippen molar-refractivity contribution in [2.75, 3.05) is 12.8 Å². The van der Waals surface area contributed by atoms with E-state index in [1.807, 2.05) is 30.3 Å². The van der Waals surface area contributed by atoms with Crippen LogP contribution in [0.15, 0.2) is 36.4 Å². The Hall–Kier alpha value is -2.63. The maximum atomic E-state index is 5.88. The lowest BCUT2D eigenvalue weighted by molar-refractivity contribution is 0.390. The fraction of sp³-hybridized carbons (Fsp3) is 0.0833. The van der Waals surface area contributed by atoms with E-state index < -0.39 is 0 Å². The average molecular weight is 241 g/mol. The molecule has 0 saturated carbocycles. The molecule has 0 amide bonds. The third-order valence-corrected chi connectivity index (χ3v) is 2.62. The molecule has 1 aromatic carbocycles. The van der Waals surface area contributed by atoms with Gasteiger partial charge in [0.05, 0.1) is 12.8 Å². The predicted molar refractivity (Wildman–Crippen MR) is 67.2 cm³/mol. The van der Waals surface area contributed by atoms with E-state index in [0.717, 1.165) is 5.56 Å². The number of anilines is 1. The normalized spacial score (nSPS) is 10.7. The summed E-state index contributed by atoms with van der Waals surface area (Å²) < 4.78 is 6.68. The van der Waals surface area contributed by atoms with Crippen LogP contribution in [0.2, 0.25) is 0 Å². The quantitative estimate of drug-likeness (QED) is 0.733. The number of aromatic nitrogens is 4. The fourth-order valence-corrected chi connectivity index (χ4v) is 1.75. The molecular weight excluding hydrogens is 230 g/mol. The van der Waals surface area contributed by atoms with E-state index in [1.165, 1.54) is 0 Å². The number of nitrogen functional groups attached to an aromatic ring is 1. The monoisotopic (exact) mass is 241 g/mol. The Morgan fingerprint density at radius 3 is 2.67 bits per heavy atom. The molecule has 90 valence electrons. The van der Waals surface area contributed by atoms with Gasteiger partial charge in [0, 0.05) is 11.6 Å². The van der Waals surface area contributed by atoms with E-state index in [0.29, 0.717) is 23.0 Å². The molecule has 0 unspecified atom stereocenters. The van der Waals surface area contributed by atoms with Gasteiger partial charge in [0.2, 0.25) is 11.5 Å². The van der Waals surface area contributed by atoms with Gasteiger partial charge in [-0.1, -0.05) is 30.3 Å². The molecule has 18 heavy (non-hydrogen) atoms.